The van der Waals surface area contributed by atoms with E-state index in [-0.39, 0.29) is 169 Å². The van der Waals surface area contributed by atoms with E-state index >= 15 is 0 Å². The molecule has 10 saturated carbocycles. The maximum absolute atomic E-state index is 12.5. The summed E-state index contributed by atoms with van der Waals surface area (Å²) in [7, 11) is 0. The van der Waals surface area contributed by atoms with Gasteiger partial charge in [0.25, 0.3) is 0 Å². The summed E-state index contributed by atoms with van der Waals surface area (Å²) in [5, 5.41) is 0. The summed E-state index contributed by atoms with van der Waals surface area (Å²) in [5.74, 6) is 2.96. The van der Waals surface area contributed by atoms with Gasteiger partial charge in [-0.1, -0.05) is 128 Å². The van der Waals surface area contributed by atoms with E-state index in [1.54, 1.807) is 6.92 Å². The van der Waals surface area contributed by atoms with Gasteiger partial charge in [0.2, 0.25) is 0 Å². The number of ether oxygens (including phenoxy) is 8. The Labute approximate surface area is 576 Å². The van der Waals surface area contributed by atoms with Gasteiger partial charge in [0.05, 0.1) is 35.5 Å². The van der Waals surface area contributed by atoms with Crippen LogP contribution in [0.25, 0.3) is 0 Å². The number of rotatable bonds is 24. The van der Waals surface area contributed by atoms with Crippen LogP contribution in [-0.2, 0) is 76.3 Å². The van der Waals surface area contributed by atoms with Crippen LogP contribution in [0.1, 0.15) is 336 Å². The van der Waals surface area contributed by atoms with Crippen LogP contribution in [0.15, 0.2) is 0 Å². The lowest BCUT2D eigenvalue weighted by atomic mass is 9.49. The molecule has 0 saturated heterocycles. The Morgan fingerprint density at radius 2 is 0.670 bits per heavy atom. The summed E-state index contributed by atoms with van der Waals surface area (Å²) in [6.45, 7) is 26.7. The Kier molecular flexibility index (Phi) is 44.2. The van der Waals surface area contributed by atoms with Crippen LogP contribution in [-0.4, -0.2) is 96.6 Å². The van der Waals surface area contributed by atoms with Crippen molar-refractivity contribution in [1.82, 2.24) is 0 Å². The molecule has 16 heteroatoms. The minimum Gasteiger partial charge on any atom is -0.465 e. The molecule has 8 bridgehead atoms. The third-order valence-electron chi connectivity index (χ3n) is 21.9. The summed E-state index contributed by atoms with van der Waals surface area (Å²) in [4.78, 5) is 95.1. The van der Waals surface area contributed by atoms with Gasteiger partial charge in [-0.25, -0.2) is 9.59 Å². The van der Waals surface area contributed by atoms with Crippen LogP contribution < -0.4 is 0 Å². The molecule has 16 nitrogen and oxygen atoms in total. The van der Waals surface area contributed by atoms with Gasteiger partial charge in [0.1, 0.15) is 35.6 Å². The van der Waals surface area contributed by atoms with Crippen molar-refractivity contribution < 1.29 is 76.3 Å². The van der Waals surface area contributed by atoms with E-state index in [0.29, 0.717) is 36.5 Å². The molecule has 0 aliphatic heterocycles. The summed E-state index contributed by atoms with van der Waals surface area (Å²) < 4.78 is 43.6. The Balaban J connectivity index is -0.000000564. The highest BCUT2D eigenvalue weighted by molar-refractivity contribution is 5.80. The first-order valence-corrected chi connectivity index (χ1v) is 34.1. The highest BCUT2D eigenvalue weighted by atomic mass is 16.6. The molecule has 556 valence electrons. The first-order valence-electron chi connectivity index (χ1n) is 34.1. The molecule has 0 aromatic rings. The van der Waals surface area contributed by atoms with Gasteiger partial charge in [-0.15, -0.1) is 0 Å². The molecule has 0 radical (unpaired) electrons. The second kappa shape index (κ2) is 43.2. The van der Waals surface area contributed by atoms with Gasteiger partial charge in [0, 0.05) is 0 Å². The molecule has 94 heavy (non-hydrogen) atoms. The third-order valence-corrected chi connectivity index (χ3v) is 21.9. The molecule has 10 aliphatic carbocycles. The highest BCUT2D eigenvalue weighted by Gasteiger charge is 2.60. The van der Waals surface area contributed by atoms with Crippen LogP contribution in [0, 0.1) is 70.0 Å². The molecule has 0 amide bonds. The molecule has 2 atom stereocenters. The van der Waals surface area contributed by atoms with Gasteiger partial charge in [-0.2, -0.15) is 0 Å². The number of hydrogen-bond acceptors (Lipinski definition) is 16. The first kappa shape index (κ1) is 96.1. The molecule has 0 heterocycles. The van der Waals surface area contributed by atoms with Crippen LogP contribution in [0.4, 0.5) is 0 Å². The van der Waals surface area contributed by atoms with Crippen molar-refractivity contribution in [3.63, 3.8) is 0 Å². The lowest BCUT2D eigenvalue weighted by molar-refractivity contribution is -0.212. The largest absolute Gasteiger partial charge is 0.465 e. The molecule has 2 unspecified atom stereocenters. The average molecular weight is 1340 g/mol. The van der Waals surface area contributed by atoms with Crippen molar-refractivity contribution in [2.24, 2.45) is 70.0 Å². The van der Waals surface area contributed by atoms with Gasteiger partial charge in [0.15, 0.2) is 13.2 Å². The summed E-state index contributed by atoms with van der Waals surface area (Å²) >= 11 is 0. The monoisotopic (exact) mass is 1340 g/mol. The number of carbonyl (C=O) groups excluding carboxylic acids is 8. The average Bonchev–Trinajstić information content (AvgIpc) is 0.738. The molecule has 10 fully saturated rings. The zero-order valence-electron chi connectivity index (χ0n) is 55.9. The van der Waals surface area contributed by atoms with E-state index in [2.05, 4.69) is 13.8 Å². The molecule has 0 aromatic carbocycles. The number of esters is 8. The molecule has 0 aromatic heterocycles. The lowest BCUT2D eigenvalue weighted by Crippen LogP contribution is -2.59. The van der Waals surface area contributed by atoms with Crippen LogP contribution >= 0.6 is 0 Å². The quantitative estimate of drug-likeness (QED) is 0.0650. The fraction of sp³-hybridized carbons (Fsp3) is 0.897. The molecule has 10 aliphatic rings. The van der Waals surface area contributed by atoms with Gasteiger partial charge in [-0.05, 0) is 243 Å². The Morgan fingerprint density at radius 1 is 0.383 bits per heavy atom. The molecule has 10 rings (SSSR count). The smallest absolute Gasteiger partial charge is 0.344 e. The van der Waals surface area contributed by atoms with E-state index in [1.807, 2.05) is 76.2 Å². The highest BCUT2D eigenvalue weighted by Crippen LogP contribution is 2.62. The maximum atomic E-state index is 12.5. The molecular formula is C78H148O16. The Morgan fingerprint density at radius 3 is 0.968 bits per heavy atom. The van der Waals surface area contributed by atoms with Crippen molar-refractivity contribution in [3.05, 3.63) is 0 Å². The van der Waals surface area contributed by atoms with E-state index in [4.69, 9.17) is 37.9 Å². The zero-order chi connectivity index (χ0) is 63.7. The minimum atomic E-state index is -0.547. The minimum absolute atomic E-state index is 0. The van der Waals surface area contributed by atoms with Gasteiger partial charge < -0.3 is 37.9 Å². The predicted molar refractivity (Wildman–Crippen MR) is 381 cm³/mol. The van der Waals surface area contributed by atoms with E-state index < -0.39 is 22.8 Å². The van der Waals surface area contributed by atoms with Crippen molar-refractivity contribution in [2.45, 2.75) is 359 Å². The van der Waals surface area contributed by atoms with Crippen LogP contribution in [0.5, 0.6) is 0 Å². The number of hydrogen-bond donors (Lipinski definition) is 0. The summed E-state index contributed by atoms with van der Waals surface area (Å²) in [6.07, 6.45) is 28.1. The predicted octanol–water partition coefficient (Wildman–Crippen LogP) is 19.8. The fourth-order valence-corrected chi connectivity index (χ4v) is 15.5. The van der Waals surface area contributed by atoms with Gasteiger partial charge in [-0.3, -0.25) is 28.8 Å². The Hall–Kier alpha value is -4.24. The fourth-order valence-electron chi connectivity index (χ4n) is 15.5. The van der Waals surface area contributed by atoms with Crippen molar-refractivity contribution in [2.75, 3.05) is 26.4 Å². The SMILES string of the molecule is C.C.C.C.C.C.C.C.CCC(C)(C)C(=O)OCC(=O)OC1(C)CCCCC1.CCC(C)(C)C(=O)OCCC(=O)OC1(CC)C2CC3CC(C2)CC1C3.CCC(C)C(=O)OCC(=O)OC1(C)CCCCC1.CCC(C)C(=O)OCCC(=O)OC1(CC)C2CC3CC(C2)CC1C3. The zero-order valence-corrected chi connectivity index (χ0v) is 55.9. The van der Waals surface area contributed by atoms with Gasteiger partial charge >= 0.3 is 47.8 Å². The van der Waals surface area contributed by atoms with E-state index in [1.165, 1.54) is 77.0 Å². The summed E-state index contributed by atoms with van der Waals surface area (Å²) in [5.41, 5.74) is -2.27. The van der Waals surface area contributed by atoms with Crippen molar-refractivity contribution >= 4 is 47.8 Å². The second-order valence-corrected chi connectivity index (χ2v) is 29.2. The maximum Gasteiger partial charge on any atom is 0.344 e. The molecule has 0 spiro atoms. The standard InChI is InChI=1S/C21H34O4.C20H32O4.C15H26O4.C14H24O4.8CH4/c1-5-20(3,4)19(23)24-8-7-18(22)25-21(6-2)16-10-14-9-15(12-16)13-17(21)11-14;1-4-13(3)19(22)23-7-6-18(21)24-20(5-2)16-9-14-8-15(11-16)12-17(20)10-14;1-5-14(2,3)13(17)18-11-12(16)19-15(4)9-7-6-8-10-15;1-4-11(2)13(16)17-10-12(15)18-14(3)8-6-5-7-9-14;;;;;;;;/h14-17H,5-13H2,1-4H3;13-17H,4-12H2,1-3H3;5-11H2,1-4H3;11H,4-10H2,1-3H3;8*1H4. The first-order chi connectivity index (χ1) is 40.5. The Bertz CT molecular complexity index is 2180. The third kappa shape index (κ3) is 26.5. The lowest BCUT2D eigenvalue weighted by Gasteiger charge is -2.60. The second-order valence-electron chi connectivity index (χ2n) is 29.2. The van der Waals surface area contributed by atoms with E-state index in [9.17, 15) is 38.4 Å². The summed E-state index contributed by atoms with van der Waals surface area (Å²) in [6, 6.07) is 0. The van der Waals surface area contributed by atoms with E-state index in [0.717, 1.165) is 101 Å². The van der Waals surface area contributed by atoms with Crippen molar-refractivity contribution in [3.8, 4) is 0 Å². The number of carbonyl (C=O) groups is 8. The topological polar surface area (TPSA) is 210 Å². The van der Waals surface area contributed by atoms with Crippen LogP contribution in [0.3, 0.4) is 0 Å². The van der Waals surface area contributed by atoms with Crippen LogP contribution in [0.2, 0.25) is 0 Å². The van der Waals surface area contributed by atoms with Crippen molar-refractivity contribution in [1.29, 1.82) is 0 Å². The molecule has 0 N–H and O–H groups in total. The normalized spacial score (nSPS) is 27.0. The molecular weight excluding hydrogens is 1190 g/mol.